The Morgan fingerprint density at radius 2 is 1.88 bits per heavy atom. The summed E-state index contributed by atoms with van der Waals surface area (Å²) in [5.74, 6) is -0.0112. The lowest BCUT2D eigenvalue weighted by Gasteiger charge is -2.14. The zero-order valence-corrected chi connectivity index (χ0v) is 17.6. The van der Waals surface area contributed by atoms with Crippen LogP contribution in [0.15, 0.2) is 73.3 Å². The van der Waals surface area contributed by atoms with Crippen LogP contribution < -0.4 is 5.73 Å². The van der Waals surface area contributed by atoms with E-state index in [9.17, 15) is 9.65 Å². The van der Waals surface area contributed by atoms with Gasteiger partial charge in [0.25, 0.3) is 0 Å². The molecule has 2 N–H and O–H groups in total. The molecule has 5 rings (SSSR count). The summed E-state index contributed by atoms with van der Waals surface area (Å²) in [5, 5.41) is 14.7. The molecule has 160 valence electrons. The highest BCUT2D eigenvalue weighted by atomic mass is 19.1. The lowest BCUT2D eigenvalue weighted by atomic mass is 10.0. The second-order valence-electron chi connectivity index (χ2n) is 7.61. The number of halogens is 1. The largest absolute Gasteiger partial charge is 0.383 e. The Morgan fingerprint density at radius 1 is 1.03 bits per heavy atom. The molecule has 0 amide bonds. The van der Waals surface area contributed by atoms with Gasteiger partial charge in [0, 0.05) is 29.1 Å². The second kappa shape index (κ2) is 8.13. The molecule has 0 fully saturated rings. The SMILES string of the molecule is CC(c1cncc(-c2ccccc2F)c1)n1nc(-c2cccc(C#N)c2)c2c(N)ncnc21. The van der Waals surface area contributed by atoms with Gasteiger partial charge in [0.15, 0.2) is 5.65 Å². The minimum absolute atomic E-state index is 0.283. The van der Waals surface area contributed by atoms with E-state index in [1.54, 1.807) is 53.5 Å². The van der Waals surface area contributed by atoms with Crippen molar-refractivity contribution in [3.63, 3.8) is 0 Å². The summed E-state index contributed by atoms with van der Waals surface area (Å²) < 4.78 is 16.1. The van der Waals surface area contributed by atoms with Crippen LogP contribution in [-0.2, 0) is 0 Å². The van der Waals surface area contributed by atoms with Crippen LogP contribution in [-0.4, -0.2) is 24.7 Å². The van der Waals surface area contributed by atoms with Crippen LogP contribution in [0.5, 0.6) is 0 Å². The first-order valence-electron chi connectivity index (χ1n) is 10.3. The van der Waals surface area contributed by atoms with E-state index in [4.69, 9.17) is 10.8 Å². The fourth-order valence-electron chi connectivity index (χ4n) is 3.87. The predicted molar refractivity (Wildman–Crippen MR) is 123 cm³/mol. The Balaban J connectivity index is 1.66. The summed E-state index contributed by atoms with van der Waals surface area (Å²) in [6, 6.07) is 17.5. The van der Waals surface area contributed by atoms with Crippen LogP contribution in [0.4, 0.5) is 10.2 Å². The first-order chi connectivity index (χ1) is 16.1. The first kappa shape index (κ1) is 20.3. The van der Waals surface area contributed by atoms with Crippen LogP contribution in [0, 0.1) is 17.1 Å². The van der Waals surface area contributed by atoms with E-state index in [-0.39, 0.29) is 11.9 Å². The number of benzene rings is 2. The van der Waals surface area contributed by atoms with E-state index in [1.165, 1.54) is 12.4 Å². The average Bonchev–Trinajstić information content (AvgIpc) is 3.25. The van der Waals surface area contributed by atoms with Gasteiger partial charge in [0.2, 0.25) is 0 Å². The minimum Gasteiger partial charge on any atom is -0.383 e. The van der Waals surface area contributed by atoms with Crippen molar-refractivity contribution in [3.05, 3.63) is 90.3 Å². The molecule has 0 aliphatic carbocycles. The van der Waals surface area contributed by atoms with E-state index in [0.717, 1.165) is 11.1 Å². The molecule has 33 heavy (non-hydrogen) atoms. The average molecular weight is 435 g/mol. The van der Waals surface area contributed by atoms with E-state index < -0.39 is 0 Å². The van der Waals surface area contributed by atoms with Gasteiger partial charge in [-0.3, -0.25) is 4.98 Å². The van der Waals surface area contributed by atoms with E-state index >= 15 is 0 Å². The summed E-state index contributed by atoms with van der Waals surface area (Å²) in [6.07, 6.45) is 4.75. The number of nitrogens with zero attached hydrogens (tertiary/aromatic N) is 6. The van der Waals surface area contributed by atoms with Crippen LogP contribution in [0.2, 0.25) is 0 Å². The van der Waals surface area contributed by atoms with Crippen molar-refractivity contribution in [2.75, 3.05) is 5.73 Å². The first-order valence-corrected chi connectivity index (χ1v) is 10.3. The van der Waals surface area contributed by atoms with Gasteiger partial charge in [-0.2, -0.15) is 10.4 Å². The Kier molecular flexibility index (Phi) is 4.99. The summed E-state index contributed by atoms with van der Waals surface area (Å²) in [4.78, 5) is 12.9. The molecule has 0 spiro atoms. The normalized spacial score (nSPS) is 11.9. The summed E-state index contributed by atoms with van der Waals surface area (Å²) in [7, 11) is 0. The van der Waals surface area contributed by atoms with Gasteiger partial charge < -0.3 is 5.73 Å². The number of fused-ring (bicyclic) bond motifs is 1. The van der Waals surface area contributed by atoms with Crippen LogP contribution in [0.25, 0.3) is 33.4 Å². The molecule has 1 atom stereocenters. The third-order valence-electron chi connectivity index (χ3n) is 5.58. The standard InChI is InChI=1S/C25H18FN7/c1-15(18-10-19(13-29-12-18)20-7-2-3-8-21(20)26)33-25-22(24(28)30-14-31-25)23(32-33)17-6-4-5-16(9-17)11-27/h2-10,12-15H,1H3,(H2,28,30,31). The number of pyridine rings is 1. The highest BCUT2D eigenvalue weighted by Crippen LogP contribution is 2.34. The highest BCUT2D eigenvalue weighted by molar-refractivity contribution is 5.98. The summed E-state index contributed by atoms with van der Waals surface area (Å²) in [5.41, 5.74) is 10.6. The van der Waals surface area contributed by atoms with Crippen molar-refractivity contribution in [2.24, 2.45) is 0 Å². The van der Waals surface area contributed by atoms with Crippen LogP contribution in [0.3, 0.4) is 0 Å². The van der Waals surface area contributed by atoms with E-state index in [0.29, 0.717) is 39.2 Å². The number of nitrogen functional groups attached to an aromatic ring is 1. The number of hydrogen-bond acceptors (Lipinski definition) is 6. The van der Waals surface area contributed by atoms with E-state index in [2.05, 4.69) is 21.0 Å². The number of aromatic nitrogens is 5. The number of nitrogens with two attached hydrogens (primary N) is 1. The van der Waals surface area contributed by atoms with Gasteiger partial charge in [-0.1, -0.05) is 30.3 Å². The zero-order valence-electron chi connectivity index (χ0n) is 17.6. The molecule has 1 unspecified atom stereocenters. The molecule has 0 saturated carbocycles. The smallest absolute Gasteiger partial charge is 0.164 e. The highest BCUT2D eigenvalue weighted by Gasteiger charge is 2.21. The Morgan fingerprint density at radius 3 is 2.70 bits per heavy atom. The van der Waals surface area contributed by atoms with Crippen molar-refractivity contribution in [3.8, 4) is 28.5 Å². The second-order valence-corrected chi connectivity index (χ2v) is 7.61. The molecule has 0 saturated heterocycles. The predicted octanol–water partition coefficient (Wildman–Crippen LogP) is 4.76. The number of nitriles is 1. The van der Waals surface area contributed by atoms with Crippen molar-refractivity contribution in [1.82, 2.24) is 24.7 Å². The molecule has 0 aliphatic heterocycles. The zero-order chi connectivity index (χ0) is 22.9. The maximum absolute atomic E-state index is 14.3. The fourth-order valence-corrected chi connectivity index (χ4v) is 3.87. The topological polar surface area (TPSA) is 106 Å². The maximum atomic E-state index is 14.3. The molecular weight excluding hydrogens is 417 g/mol. The number of anilines is 1. The molecule has 0 aliphatic rings. The lowest BCUT2D eigenvalue weighted by Crippen LogP contribution is -2.10. The molecule has 3 aromatic heterocycles. The molecule has 3 heterocycles. The number of hydrogen-bond donors (Lipinski definition) is 1. The van der Waals surface area contributed by atoms with Gasteiger partial charge >= 0.3 is 0 Å². The molecular formula is C25H18FN7. The minimum atomic E-state index is -0.311. The van der Waals surface area contributed by atoms with Crippen LogP contribution in [0.1, 0.15) is 24.1 Å². The maximum Gasteiger partial charge on any atom is 0.164 e. The van der Waals surface area contributed by atoms with Gasteiger partial charge in [0.05, 0.1) is 23.1 Å². The van der Waals surface area contributed by atoms with Crippen molar-refractivity contribution in [2.45, 2.75) is 13.0 Å². The van der Waals surface area contributed by atoms with E-state index in [1.807, 2.05) is 19.1 Å². The van der Waals surface area contributed by atoms with Gasteiger partial charge in [0.1, 0.15) is 23.7 Å². The number of rotatable bonds is 4. The summed E-state index contributed by atoms with van der Waals surface area (Å²) >= 11 is 0. The Bertz CT molecular complexity index is 1530. The molecule has 0 radical (unpaired) electrons. The monoisotopic (exact) mass is 435 g/mol. The fraction of sp³-hybridized carbons (Fsp3) is 0.0800. The van der Waals surface area contributed by atoms with Gasteiger partial charge in [-0.15, -0.1) is 0 Å². The van der Waals surface area contributed by atoms with Gasteiger partial charge in [-0.25, -0.2) is 19.0 Å². The molecule has 8 heteroatoms. The molecule has 2 aromatic carbocycles. The summed E-state index contributed by atoms with van der Waals surface area (Å²) in [6.45, 7) is 1.96. The Labute approximate surface area is 189 Å². The lowest BCUT2D eigenvalue weighted by molar-refractivity contribution is 0.579. The van der Waals surface area contributed by atoms with Gasteiger partial charge in [-0.05, 0) is 36.8 Å². The Hall–Kier alpha value is -4.64. The third kappa shape index (κ3) is 3.55. The molecule has 5 aromatic rings. The van der Waals surface area contributed by atoms with Crippen molar-refractivity contribution >= 4 is 16.9 Å². The molecule has 7 nitrogen and oxygen atoms in total. The van der Waals surface area contributed by atoms with Crippen molar-refractivity contribution in [1.29, 1.82) is 5.26 Å². The third-order valence-corrected chi connectivity index (χ3v) is 5.58. The van der Waals surface area contributed by atoms with Crippen molar-refractivity contribution < 1.29 is 4.39 Å². The molecule has 0 bridgehead atoms. The van der Waals surface area contributed by atoms with Crippen LogP contribution >= 0.6 is 0 Å². The quantitative estimate of drug-likeness (QED) is 0.436.